The summed E-state index contributed by atoms with van der Waals surface area (Å²) in [6.07, 6.45) is -7.22. The molecule has 3 nitrogen and oxygen atoms in total. The number of benzene rings is 6. The number of para-hydroxylation sites is 1. The van der Waals surface area contributed by atoms with Gasteiger partial charge in [0.1, 0.15) is 52.7 Å². The lowest BCUT2D eigenvalue weighted by Gasteiger charge is -2.44. The van der Waals surface area contributed by atoms with Gasteiger partial charge in [0.2, 0.25) is 5.52 Å². The summed E-state index contributed by atoms with van der Waals surface area (Å²) in [5.41, 5.74) is -12.1. The van der Waals surface area contributed by atoms with E-state index in [9.17, 15) is 57.5 Å². The van der Waals surface area contributed by atoms with Gasteiger partial charge in [0.15, 0.2) is 76.4 Å². The van der Waals surface area contributed by atoms with Gasteiger partial charge in [0.05, 0.1) is 0 Å². The SMILES string of the molecule is Fc1c(F)c(F)c([B-](c2c(F)c(F)c(F)c(F)c2F)(c2c(F)c(F)c(F)c(F)c2F)c2c(F)c(F)c(F)c(F)c2F)c(F)c1F.O=C(OC(Cl)(Cl)Cl)c1ccc2ccccc2[n+]1Cc1ccccc1. The molecule has 1 heterocycles. The fourth-order valence-corrected chi connectivity index (χ4v) is 7.62. The predicted molar refractivity (Wildman–Crippen MR) is 205 cm³/mol. The molecule has 0 saturated carbocycles. The van der Waals surface area contributed by atoms with Crippen LogP contribution in [0.4, 0.5) is 87.8 Å². The van der Waals surface area contributed by atoms with Crippen molar-refractivity contribution in [1.29, 1.82) is 0 Å². The van der Waals surface area contributed by atoms with Gasteiger partial charge in [-0.1, -0.05) is 42.5 Å². The maximum atomic E-state index is 15.4. The molecule has 69 heavy (non-hydrogen) atoms. The lowest BCUT2D eigenvalue weighted by atomic mass is 9.12. The Morgan fingerprint density at radius 2 is 0.696 bits per heavy atom. The molecule has 0 unspecified atom stereocenters. The van der Waals surface area contributed by atoms with Crippen molar-refractivity contribution < 1.29 is 102 Å². The van der Waals surface area contributed by atoms with Crippen molar-refractivity contribution in [3.8, 4) is 0 Å². The standard InChI is InChI=1S/C24BF20.C18H13Cl3NO2/c26-5-1(6(27)14(35)21(42)13(5)34)25(2-7(28)15(36)22(43)16(37)8(2)29,3-9(30)17(38)23(44)18(39)10(3)31)4-11(32)19(40)24(45)20(41)12(4)33;19-18(20,21)24-17(23)16-11-10-14-8-4-5-9-15(14)22(16)12-13-6-2-1-3-7-13/h;1-11H,12H2/q-1;+1. The molecule has 0 aliphatic heterocycles. The Labute approximate surface area is 385 Å². The van der Waals surface area contributed by atoms with Gasteiger partial charge in [0, 0.05) is 23.1 Å². The highest BCUT2D eigenvalue weighted by molar-refractivity contribution is 7.20. The van der Waals surface area contributed by atoms with Crippen LogP contribution >= 0.6 is 34.8 Å². The molecule has 6 aromatic carbocycles. The highest BCUT2D eigenvalue weighted by Crippen LogP contribution is 2.32. The lowest BCUT2D eigenvalue weighted by molar-refractivity contribution is -0.665. The van der Waals surface area contributed by atoms with E-state index in [1.165, 1.54) is 0 Å². The number of nitrogens with zero attached hydrogens (tertiary/aromatic N) is 1. The largest absolute Gasteiger partial charge is 0.407 e. The Balaban J connectivity index is 0.000000273. The number of ether oxygens (including phenoxy) is 1. The van der Waals surface area contributed by atoms with E-state index in [2.05, 4.69) is 0 Å². The Morgan fingerprint density at radius 3 is 1.01 bits per heavy atom. The van der Waals surface area contributed by atoms with E-state index in [1.807, 2.05) is 65.2 Å². The van der Waals surface area contributed by atoms with Gasteiger partial charge in [-0.15, -0.1) is 21.9 Å². The van der Waals surface area contributed by atoms with Crippen molar-refractivity contribution in [3.63, 3.8) is 0 Å². The Hall–Kier alpha value is -6.27. The van der Waals surface area contributed by atoms with Gasteiger partial charge in [-0.2, -0.15) is 4.57 Å². The van der Waals surface area contributed by atoms with Crippen LogP contribution in [0.3, 0.4) is 0 Å². The number of hydrogen-bond acceptors (Lipinski definition) is 2. The number of hydrogen-bond donors (Lipinski definition) is 0. The molecule has 27 heteroatoms. The molecule has 362 valence electrons. The van der Waals surface area contributed by atoms with Crippen LogP contribution < -0.4 is 26.4 Å². The van der Waals surface area contributed by atoms with Crippen LogP contribution in [0.15, 0.2) is 66.7 Å². The van der Waals surface area contributed by atoms with E-state index >= 15 is 35.1 Å². The average molecular weight is 1060 g/mol. The number of pyridine rings is 1. The van der Waals surface area contributed by atoms with Gasteiger partial charge in [-0.05, 0) is 46.9 Å². The Kier molecular flexibility index (Phi) is 14.5. The zero-order valence-corrected chi connectivity index (χ0v) is 34.9. The second-order valence-corrected chi connectivity index (χ2v) is 16.2. The smallest absolute Gasteiger partial charge is 0.406 e. The van der Waals surface area contributed by atoms with E-state index in [0.717, 1.165) is 16.5 Å². The number of fused-ring (bicyclic) bond motifs is 1. The second kappa shape index (κ2) is 19.3. The topological polar surface area (TPSA) is 30.2 Å². The minimum absolute atomic E-state index is 0.309. The highest BCUT2D eigenvalue weighted by Gasteiger charge is 2.52. The number of esters is 1. The number of carbonyl (C=O) groups excluding carboxylic acids is 1. The van der Waals surface area contributed by atoms with Gasteiger partial charge in [0.25, 0.3) is 5.69 Å². The van der Waals surface area contributed by atoms with Crippen LogP contribution in [0, 0.1) is 116 Å². The zero-order chi connectivity index (χ0) is 51.5. The quantitative estimate of drug-likeness (QED) is 0.0303. The molecule has 7 rings (SSSR count). The number of carbonyl (C=O) groups is 1. The second-order valence-electron chi connectivity index (χ2n) is 14.0. The van der Waals surface area contributed by atoms with Gasteiger partial charge < -0.3 is 4.74 Å². The monoisotopic (exact) mass is 1060 g/mol. The van der Waals surface area contributed by atoms with Crippen LogP contribution in [-0.2, 0) is 11.3 Å². The minimum atomic E-state index is -7.22. The predicted octanol–water partition coefficient (Wildman–Crippen LogP) is 10.5. The first-order valence-corrected chi connectivity index (χ1v) is 19.3. The summed E-state index contributed by atoms with van der Waals surface area (Å²) in [7, 11) is 0. The maximum absolute atomic E-state index is 15.4. The first kappa shape index (κ1) is 52.1. The molecule has 0 radical (unpaired) electrons. The molecular formula is C42H13BCl3F20NO2. The van der Waals surface area contributed by atoms with Crippen molar-refractivity contribution in [3.05, 3.63) is 194 Å². The van der Waals surface area contributed by atoms with Crippen LogP contribution in [0.5, 0.6) is 0 Å². The van der Waals surface area contributed by atoms with E-state index in [-0.39, 0.29) is 0 Å². The molecule has 0 spiro atoms. The van der Waals surface area contributed by atoms with E-state index in [1.54, 1.807) is 6.07 Å². The van der Waals surface area contributed by atoms with Crippen LogP contribution in [0.25, 0.3) is 10.9 Å². The van der Waals surface area contributed by atoms with E-state index < -0.39 is 154 Å². The molecule has 0 bridgehead atoms. The Morgan fingerprint density at radius 1 is 0.406 bits per heavy atom. The van der Waals surface area contributed by atoms with Crippen molar-refractivity contribution in [2.45, 2.75) is 10.5 Å². The van der Waals surface area contributed by atoms with Crippen molar-refractivity contribution in [2.24, 2.45) is 0 Å². The third-order valence-corrected chi connectivity index (χ3v) is 10.5. The number of alkyl halides is 3. The molecular weight excluding hydrogens is 1050 g/mol. The van der Waals surface area contributed by atoms with Gasteiger partial charge in [-0.3, -0.25) is 0 Å². The normalized spacial score (nSPS) is 11.8. The van der Waals surface area contributed by atoms with Crippen molar-refractivity contribution in [2.75, 3.05) is 0 Å². The first-order chi connectivity index (χ1) is 32.1. The fourth-order valence-electron chi connectivity index (χ4n) is 7.41. The molecule has 0 N–H and O–H groups in total. The molecule has 0 saturated heterocycles. The molecule has 0 aliphatic rings. The van der Waals surface area contributed by atoms with Crippen molar-refractivity contribution in [1.82, 2.24) is 0 Å². The zero-order valence-electron chi connectivity index (χ0n) is 32.6. The summed E-state index contributed by atoms with van der Waals surface area (Å²) in [6, 6.07) is 21.1. The van der Waals surface area contributed by atoms with Crippen LogP contribution in [0.1, 0.15) is 16.1 Å². The molecule has 0 aliphatic carbocycles. The number of rotatable bonds is 7. The van der Waals surface area contributed by atoms with E-state index in [0.29, 0.717) is 12.2 Å². The first-order valence-electron chi connectivity index (χ1n) is 18.1. The molecule has 0 amide bonds. The summed E-state index contributed by atoms with van der Waals surface area (Å²) in [6.45, 7) is 0.493. The summed E-state index contributed by atoms with van der Waals surface area (Å²) >= 11 is 16.8. The minimum Gasteiger partial charge on any atom is -0.406 e. The summed E-state index contributed by atoms with van der Waals surface area (Å²) in [5.74, 6) is -72.1. The fraction of sp³-hybridized carbons (Fsp3) is 0.0476. The average Bonchev–Trinajstić information content (AvgIpc) is 3.31. The number of aromatic nitrogens is 1. The summed E-state index contributed by atoms with van der Waals surface area (Å²) in [5, 5.41) is 0.999. The summed E-state index contributed by atoms with van der Waals surface area (Å²) in [4.78, 5) is 12.4. The van der Waals surface area contributed by atoms with E-state index in [4.69, 9.17) is 39.5 Å². The third-order valence-electron chi connectivity index (χ3n) is 10.2. The van der Waals surface area contributed by atoms with Gasteiger partial charge in [-0.25, -0.2) is 92.6 Å². The molecule has 7 aromatic rings. The Bertz CT molecular complexity index is 2870. The third kappa shape index (κ3) is 8.74. The lowest BCUT2D eigenvalue weighted by Crippen LogP contribution is -2.81. The van der Waals surface area contributed by atoms with Crippen LogP contribution in [-0.4, -0.2) is 16.1 Å². The maximum Gasteiger partial charge on any atom is 0.407 e. The van der Waals surface area contributed by atoms with Crippen molar-refractivity contribution >= 4 is 79.7 Å². The molecule has 1 aromatic heterocycles. The molecule has 0 fully saturated rings. The van der Waals surface area contributed by atoms with Gasteiger partial charge >= 0.3 is 9.95 Å². The highest BCUT2D eigenvalue weighted by atomic mass is 35.6. The molecule has 0 atom stereocenters. The summed E-state index contributed by atoms with van der Waals surface area (Å²) < 4.78 is 299. The van der Waals surface area contributed by atoms with Crippen LogP contribution in [0.2, 0.25) is 0 Å². The number of halogens is 23.